The van der Waals surface area contributed by atoms with E-state index in [2.05, 4.69) is 13.0 Å². The molecule has 2 fully saturated rings. The van der Waals surface area contributed by atoms with Gasteiger partial charge in [-0.2, -0.15) is 0 Å². The average molecular weight is 357 g/mol. The van der Waals surface area contributed by atoms with Crippen molar-refractivity contribution < 1.29 is 14.3 Å². The fourth-order valence-corrected chi connectivity index (χ4v) is 4.29. The van der Waals surface area contributed by atoms with E-state index in [4.69, 9.17) is 9.47 Å². The van der Waals surface area contributed by atoms with Crippen molar-refractivity contribution in [3.05, 3.63) is 29.3 Å². The lowest BCUT2D eigenvalue weighted by Crippen LogP contribution is -2.16. The van der Waals surface area contributed by atoms with Gasteiger partial charge in [-0.1, -0.05) is 32.3 Å². The molecule has 1 atom stereocenters. The van der Waals surface area contributed by atoms with Gasteiger partial charge < -0.3 is 9.47 Å². The smallest absolute Gasteiger partial charge is 0.162 e. The van der Waals surface area contributed by atoms with Crippen LogP contribution in [0.15, 0.2) is 23.8 Å². The maximum atomic E-state index is 12.8. The summed E-state index contributed by atoms with van der Waals surface area (Å²) in [5, 5.41) is 0. The molecule has 2 aliphatic rings. The second-order valence-electron chi connectivity index (χ2n) is 7.56. The highest BCUT2D eigenvalue weighted by Gasteiger charge is 2.36. The van der Waals surface area contributed by atoms with Gasteiger partial charge >= 0.3 is 0 Å². The zero-order valence-corrected chi connectivity index (χ0v) is 16.3. The number of allylic oxidation sites excluding steroid dienone is 1. The number of ketones is 1. The molecule has 0 radical (unpaired) electrons. The van der Waals surface area contributed by atoms with Crippen molar-refractivity contribution in [1.82, 2.24) is 0 Å². The zero-order chi connectivity index (χ0) is 18.4. The van der Waals surface area contributed by atoms with Crippen LogP contribution >= 0.6 is 0 Å². The molecule has 0 heterocycles. The Morgan fingerprint density at radius 1 is 1.08 bits per heavy atom. The molecule has 3 heteroatoms. The predicted molar refractivity (Wildman–Crippen MR) is 106 cm³/mol. The molecule has 26 heavy (non-hydrogen) atoms. The topological polar surface area (TPSA) is 35.5 Å². The minimum atomic E-state index is 0.270. The van der Waals surface area contributed by atoms with E-state index >= 15 is 0 Å². The summed E-state index contributed by atoms with van der Waals surface area (Å²) < 4.78 is 11.6. The van der Waals surface area contributed by atoms with Crippen LogP contribution in [0, 0.1) is 11.8 Å². The summed E-state index contributed by atoms with van der Waals surface area (Å²) in [5.74, 6) is 2.85. The number of hydrogen-bond acceptors (Lipinski definition) is 3. The molecule has 0 N–H and O–H groups in total. The van der Waals surface area contributed by atoms with Crippen molar-refractivity contribution in [3.8, 4) is 11.5 Å². The molecule has 0 bridgehead atoms. The van der Waals surface area contributed by atoms with Crippen molar-refractivity contribution in [2.45, 2.75) is 65.2 Å². The van der Waals surface area contributed by atoms with Crippen LogP contribution < -0.4 is 9.47 Å². The second-order valence-corrected chi connectivity index (χ2v) is 7.56. The van der Waals surface area contributed by atoms with Crippen molar-refractivity contribution in [2.75, 3.05) is 13.2 Å². The molecule has 2 saturated carbocycles. The summed E-state index contributed by atoms with van der Waals surface area (Å²) >= 11 is 0. The maximum Gasteiger partial charge on any atom is 0.162 e. The molecule has 3 rings (SSSR count). The summed E-state index contributed by atoms with van der Waals surface area (Å²) in [4.78, 5) is 12.8. The van der Waals surface area contributed by atoms with Crippen LogP contribution in [0.25, 0.3) is 6.08 Å². The standard InChI is InChI=1S/C23H32O3/c1-3-5-14-26-21-13-10-17(16-22(21)25-4-2)15-19-11-12-20(23(19)24)18-8-6-7-9-18/h10,13,15-16,18,20H,3-9,11-12,14H2,1-2H3/b19-15+/t20-/m1/s1. The van der Waals surface area contributed by atoms with Gasteiger partial charge in [0.25, 0.3) is 0 Å². The molecule has 0 spiro atoms. The number of benzene rings is 1. The number of unbranched alkanes of at least 4 members (excludes halogenated alkanes) is 1. The Bertz CT molecular complexity index is 641. The van der Waals surface area contributed by atoms with Gasteiger partial charge in [-0.25, -0.2) is 0 Å². The van der Waals surface area contributed by atoms with Crippen LogP contribution in [-0.2, 0) is 4.79 Å². The van der Waals surface area contributed by atoms with Gasteiger partial charge in [0, 0.05) is 5.92 Å². The van der Waals surface area contributed by atoms with Gasteiger partial charge in [-0.3, -0.25) is 4.79 Å². The quantitative estimate of drug-likeness (QED) is 0.435. The predicted octanol–water partition coefficient (Wildman–Crippen LogP) is 5.82. The van der Waals surface area contributed by atoms with Crippen LogP contribution in [0.5, 0.6) is 11.5 Å². The Kier molecular flexibility index (Phi) is 6.76. The van der Waals surface area contributed by atoms with Gasteiger partial charge in [0.1, 0.15) is 0 Å². The highest BCUT2D eigenvalue weighted by Crippen LogP contribution is 2.41. The average Bonchev–Trinajstić information content (AvgIpc) is 3.28. The Morgan fingerprint density at radius 2 is 1.88 bits per heavy atom. The Hall–Kier alpha value is -1.77. The molecule has 1 aromatic carbocycles. The van der Waals surface area contributed by atoms with E-state index in [-0.39, 0.29) is 5.92 Å². The lowest BCUT2D eigenvalue weighted by atomic mass is 9.88. The number of carbonyl (C=O) groups excluding carboxylic acids is 1. The highest BCUT2D eigenvalue weighted by atomic mass is 16.5. The van der Waals surface area contributed by atoms with Gasteiger partial charge in [0.05, 0.1) is 13.2 Å². The number of carbonyl (C=O) groups is 1. The molecule has 0 aromatic heterocycles. The Morgan fingerprint density at radius 3 is 2.62 bits per heavy atom. The lowest BCUT2D eigenvalue weighted by molar-refractivity contribution is -0.119. The van der Waals surface area contributed by atoms with Crippen molar-refractivity contribution >= 4 is 11.9 Å². The third kappa shape index (κ3) is 4.49. The van der Waals surface area contributed by atoms with E-state index < -0.39 is 0 Å². The minimum Gasteiger partial charge on any atom is -0.490 e. The van der Waals surface area contributed by atoms with E-state index in [0.29, 0.717) is 24.9 Å². The first-order valence-electron chi connectivity index (χ1n) is 10.4. The summed E-state index contributed by atoms with van der Waals surface area (Å²) in [6.45, 7) is 5.44. The zero-order valence-electron chi connectivity index (χ0n) is 16.3. The van der Waals surface area contributed by atoms with Gasteiger partial charge in [-0.15, -0.1) is 0 Å². The largest absolute Gasteiger partial charge is 0.490 e. The first kappa shape index (κ1) is 19.0. The number of rotatable bonds is 8. The van der Waals surface area contributed by atoms with E-state index in [0.717, 1.165) is 48.3 Å². The van der Waals surface area contributed by atoms with Crippen molar-refractivity contribution in [3.63, 3.8) is 0 Å². The monoisotopic (exact) mass is 356 g/mol. The third-order valence-corrected chi connectivity index (χ3v) is 5.71. The SMILES string of the molecule is CCCCOc1ccc(/C=C2\CC[C@H](C3CCCC3)C2=O)cc1OCC. The summed E-state index contributed by atoms with van der Waals surface area (Å²) in [5.41, 5.74) is 2.02. The maximum absolute atomic E-state index is 12.8. The van der Waals surface area contributed by atoms with Crippen LogP contribution in [0.1, 0.15) is 70.8 Å². The molecular weight excluding hydrogens is 324 g/mol. The van der Waals surface area contributed by atoms with E-state index in [1.54, 1.807) is 0 Å². The molecule has 0 saturated heterocycles. The number of hydrogen-bond donors (Lipinski definition) is 0. The molecule has 0 aliphatic heterocycles. The van der Waals surface area contributed by atoms with Gasteiger partial charge in [0.15, 0.2) is 17.3 Å². The highest BCUT2D eigenvalue weighted by molar-refractivity contribution is 6.03. The van der Waals surface area contributed by atoms with Crippen molar-refractivity contribution in [1.29, 1.82) is 0 Å². The Balaban J connectivity index is 1.73. The first-order valence-corrected chi connectivity index (χ1v) is 10.4. The van der Waals surface area contributed by atoms with Gasteiger partial charge in [-0.05, 0) is 74.3 Å². The van der Waals surface area contributed by atoms with Crippen LogP contribution in [0.2, 0.25) is 0 Å². The summed E-state index contributed by atoms with van der Waals surface area (Å²) in [6, 6.07) is 6.02. The first-order chi connectivity index (χ1) is 12.7. The lowest BCUT2D eigenvalue weighted by Gasteiger charge is -2.15. The number of ether oxygens (including phenoxy) is 2. The summed E-state index contributed by atoms with van der Waals surface area (Å²) in [7, 11) is 0. The van der Waals surface area contributed by atoms with Crippen molar-refractivity contribution in [2.24, 2.45) is 11.8 Å². The Labute approximate surface area is 157 Å². The van der Waals surface area contributed by atoms with Gasteiger partial charge in [0.2, 0.25) is 0 Å². The van der Waals surface area contributed by atoms with Crippen LogP contribution in [-0.4, -0.2) is 19.0 Å². The third-order valence-electron chi connectivity index (χ3n) is 5.71. The molecule has 142 valence electrons. The normalized spacial score (nSPS) is 22.3. The minimum absolute atomic E-state index is 0.270. The molecular formula is C23H32O3. The number of Topliss-reactive ketones (excluding diaryl/α,β-unsaturated/α-hetero) is 1. The molecule has 0 amide bonds. The summed E-state index contributed by atoms with van der Waals surface area (Å²) in [6.07, 6.45) is 11.2. The van der Waals surface area contributed by atoms with Crippen LogP contribution in [0.3, 0.4) is 0 Å². The second kappa shape index (κ2) is 9.25. The fourth-order valence-electron chi connectivity index (χ4n) is 4.29. The van der Waals surface area contributed by atoms with E-state index in [9.17, 15) is 4.79 Å². The fraction of sp³-hybridized carbons (Fsp3) is 0.609. The van der Waals surface area contributed by atoms with Crippen LogP contribution in [0.4, 0.5) is 0 Å². The molecule has 3 nitrogen and oxygen atoms in total. The molecule has 1 aromatic rings. The molecule has 2 aliphatic carbocycles. The van der Waals surface area contributed by atoms with E-state index in [1.165, 1.54) is 25.7 Å². The molecule has 0 unspecified atom stereocenters. The van der Waals surface area contributed by atoms with E-state index in [1.807, 2.05) is 25.1 Å².